The van der Waals surface area contributed by atoms with Crippen LogP contribution < -0.4 is 5.32 Å². The van der Waals surface area contributed by atoms with Crippen LogP contribution in [0, 0.1) is 11.8 Å². The van der Waals surface area contributed by atoms with Gasteiger partial charge < -0.3 is 5.32 Å². The van der Waals surface area contributed by atoms with E-state index in [4.69, 9.17) is 0 Å². The van der Waals surface area contributed by atoms with E-state index in [1.54, 1.807) is 0 Å². The maximum absolute atomic E-state index is 11.3. The third kappa shape index (κ3) is 8.54. The van der Waals surface area contributed by atoms with Crippen molar-refractivity contribution in [2.75, 3.05) is 6.54 Å². The average molecular weight is 257 g/mol. The summed E-state index contributed by atoms with van der Waals surface area (Å²) < 4.78 is 0. The minimum atomic E-state index is 0. The van der Waals surface area contributed by atoms with E-state index < -0.39 is 0 Å². The lowest BCUT2D eigenvalue weighted by molar-refractivity contribution is -0.121. The van der Waals surface area contributed by atoms with Crippen LogP contribution in [-0.4, -0.2) is 12.5 Å². The first-order valence-corrected chi connectivity index (χ1v) is 7.94. The van der Waals surface area contributed by atoms with E-state index in [1.807, 2.05) is 6.92 Å². The highest BCUT2D eigenvalue weighted by Gasteiger charge is 2.20. The number of nitrogens with one attached hydrogen (secondary N) is 1. The number of hydrogen-bond acceptors (Lipinski definition) is 1. The Morgan fingerprint density at radius 2 is 1.56 bits per heavy atom. The van der Waals surface area contributed by atoms with Gasteiger partial charge in [-0.2, -0.15) is 0 Å². The van der Waals surface area contributed by atoms with Crippen LogP contribution >= 0.6 is 0 Å². The molecule has 2 nitrogen and oxygen atoms in total. The molecule has 0 atom stereocenters. The Kier molecular flexibility index (Phi) is 11.2. The van der Waals surface area contributed by atoms with Gasteiger partial charge in [-0.15, -0.1) is 0 Å². The van der Waals surface area contributed by atoms with Gasteiger partial charge in [-0.3, -0.25) is 4.79 Å². The lowest BCUT2D eigenvalue weighted by atomic mass is 9.79. The molecule has 0 spiro atoms. The molecule has 1 saturated carbocycles. The van der Waals surface area contributed by atoms with Crippen molar-refractivity contribution in [3.63, 3.8) is 0 Å². The van der Waals surface area contributed by atoms with E-state index in [0.717, 1.165) is 31.2 Å². The zero-order valence-corrected chi connectivity index (χ0v) is 12.9. The maximum atomic E-state index is 11.3. The summed E-state index contributed by atoms with van der Waals surface area (Å²) in [5, 5.41) is 2.87. The van der Waals surface area contributed by atoms with Gasteiger partial charge >= 0.3 is 0 Å². The van der Waals surface area contributed by atoms with Crippen LogP contribution in [0.1, 0.15) is 80.5 Å². The molecule has 0 bridgehead atoms. The van der Waals surface area contributed by atoms with Gasteiger partial charge in [0.15, 0.2) is 0 Å². The molecule has 1 aliphatic rings. The summed E-state index contributed by atoms with van der Waals surface area (Å²) in [4.78, 5) is 11.3. The molecule has 0 radical (unpaired) electrons. The van der Waals surface area contributed by atoms with Gasteiger partial charge in [-0.25, -0.2) is 0 Å². The standard InChI is InChI=1S/C13H25NO.C3H8.H2/c1-3-11-5-7-12(8-6-11)9-10-13(15)14-4-2;1-3-2;/h11-12H,3-10H2,1-2H3,(H,14,15);3H2,1-2H3;1H. The fourth-order valence-electron chi connectivity index (χ4n) is 2.55. The van der Waals surface area contributed by atoms with Gasteiger partial charge in [-0.05, 0) is 25.2 Å². The average Bonchev–Trinajstić information content (AvgIpc) is 2.38. The number of carbonyl (C=O) groups is 1. The largest absolute Gasteiger partial charge is 0.356 e. The van der Waals surface area contributed by atoms with Gasteiger partial charge in [0.1, 0.15) is 0 Å². The van der Waals surface area contributed by atoms with Crippen LogP contribution in [0.2, 0.25) is 0 Å². The zero-order valence-electron chi connectivity index (χ0n) is 12.9. The molecule has 0 aromatic heterocycles. The van der Waals surface area contributed by atoms with Crippen molar-refractivity contribution in [3.05, 3.63) is 0 Å². The summed E-state index contributed by atoms with van der Waals surface area (Å²) >= 11 is 0. The van der Waals surface area contributed by atoms with E-state index in [2.05, 4.69) is 26.1 Å². The number of rotatable bonds is 5. The van der Waals surface area contributed by atoms with E-state index in [0.29, 0.717) is 0 Å². The van der Waals surface area contributed by atoms with Crippen molar-refractivity contribution < 1.29 is 6.22 Å². The Morgan fingerprint density at radius 1 is 1.06 bits per heavy atom. The van der Waals surface area contributed by atoms with Gasteiger partial charge in [0, 0.05) is 14.4 Å². The number of amides is 1. The highest BCUT2D eigenvalue weighted by atomic mass is 16.1. The normalized spacial score (nSPS) is 22.9. The van der Waals surface area contributed by atoms with E-state index >= 15 is 0 Å². The zero-order chi connectivity index (χ0) is 13.8. The summed E-state index contributed by atoms with van der Waals surface area (Å²) in [6.07, 6.45) is 9.88. The second kappa shape index (κ2) is 11.6. The lowest BCUT2D eigenvalue weighted by Gasteiger charge is -2.27. The number of hydrogen-bond donors (Lipinski definition) is 1. The Hall–Kier alpha value is -0.530. The molecule has 110 valence electrons. The van der Waals surface area contributed by atoms with Crippen molar-refractivity contribution in [2.24, 2.45) is 11.8 Å². The molecular formula is C16H35NO. The summed E-state index contributed by atoms with van der Waals surface area (Å²) in [7, 11) is 0. The van der Waals surface area contributed by atoms with Gasteiger partial charge in [0.05, 0.1) is 0 Å². The van der Waals surface area contributed by atoms with Gasteiger partial charge in [-0.1, -0.05) is 59.3 Å². The molecule has 18 heavy (non-hydrogen) atoms. The quantitative estimate of drug-likeness (QED) is 0.754. The molecule has 2 heteroatoms. The molecule has 1 N–H and O–H groups in total. The van der Waals surface area contributed by atoms with E-state index in [9.17, 15) is 4.79 Å². The lowest BCUT2D eigenvalue weighted by Crippen LogP contribution is -2.23. The van der Waals surface area contributed by atoms with Crippen molar-refractivity contribution in [3.8, 4) is 0 Å². The Labute approximate surface area is 115 Å². The Balaban J connectivity index is 0. The Bertz CT molecular complexity index is 201. The van der Waals surface area contributed by atoms with Crippen molar-refractivity contribution in [1.82, 2.24) is 5.32 Å². The maximum Gasteiger partial charge on any atom is 0.219 e. The van der Waals surface area contributed by atoms with E-state index in [-0.39, 0.29) is 7.33 Å². The second-order valence-corrected chi connectivity index (χ2v) is 5.49. The Morgan fingerprint density at radius 3 is 2.00 bits per heavy atom. The SMILES string of the molecule is CCC.CCNC(=O)CCC1CCC(CC)CC1.[HH]. The molecule has 0 aliphatic heterocycles. The highest BCUT2D eigenvalue weighted by Crippen LogP contribution is 2.32. The molecule has 0 saturated heterocycles. The summed E-state index contributed by atoms with van der Waals surface area (Å²) in [5.41, 5.74) is 0. The van der Waals surface area contributed by atoms with Crippen LogP contribution in [0.5, 0.6) is 0 Å². The first-order valence-electron chi connectivity index (χ1n) is 7.94. The van der Waals surface area contributed by atoms with Crippen LogP contribution in [0.25, 0.3) is 0 Å². The molecule has 1 aliphatic carbocycles. The summed E-state index contributed by atoms with van der Waals surface area (Å²) in [6, 6.07) is 0. The minimum absolute atomic E-state index is 0. The predicted molar refractivity (Wildman–Crippen MR) is 81.7 cm³/mol. The third-order valence-electron chi connectivity index (χ3n) is 3.70. The molecule has 1 amide bonds. The highest BCUT2D eigenvalue weighted by molar-refractivity contribution is 5.75. The van der Waals surface area contributed by atoms with Crippen LogP contribution in [0.4, 0.5) is 0 Å². The van der Waals surface area contributed by atoms with E-state index in [1.165, 1.54) is 38.5 Å². The molecular weight excluding hydrogens is 222 g/mol. The fraction of sp³-hybridized carbons (Fsp3) is 0.938. The smallest absolute Gasteiger partial charge is 0.219 e. The van der Waals surface area contributed by atoms with Crippen molar-refractivity contribution in [2.45, 2.75) is 79.1 Å². The first kappa shape index (κ1) is 17.5. The van der Waals surface area contributed by atoms with Gasteiger partial charge in [0.2, 0.25) is 5.91 Å². The molecule has 0 aromatic carbocycles. The fourth-order valence-corrected chi connectivity index (χ4v) is 2.55. The molecule has 1 fully saturated rings. The third-order valence-corrected chi connectivity index (χ3v) is 3.70. The monoisotopic (exact) mass is 257 g/mol. The molecule has 0 aromatic rings. The minimum Gasteiger partial charge on any atom is -0.356 e. The van der Waals surface area contributed by atoms with Gasteiger partial charge in [0.25, 0.3) is 0 Å². The van der Waals surface area contributed by atoms with Crippen molar-refractivity contribution in [1.29, 1.82) is 0 Å². The summed E-state index contributed by atoms with van der Waals surface area (Å²) in [6.45, 7) is 9.28. The summed E-state index contributed by atoms with van der Waals surface area (Å²) in [5.74, 6) is 2.01. The second-order valence-electron chi connectivity index (χ2n) is 5.49. The van der Waals surface area contributed by atoms with Crippen LogP contribution in [-0.2, 0) is 4.79 Å². The van der Waals surface area contributed by atoms with Crippen LogP contribution in [0.15, 0.2) is 0 Å². The molecule has 0 heterocycles. The van der Waals surface area contributed by atoms with Crippen molar-refractivity contribution >= 4 is 5.91 Å². The number of carbonyl (C=O) groups excluding carboxylic acids is 1. The first-order chi connectivity index (χ1) is 8.67. The van der Waals surface area contributed by atoms with Crippen LogP contribution in [0.3, 0.4) is 0 Å². The predicted octanol–water partition coefficient (Wildman–Crippen LogP) is 4.78. The topological polar surface area (TPSA) is 29.1 Å². The molecule has 1 rings (SSSR count). The molecule has 0 unspecified atom stereocenters.